The van der Waals surface area contributed by atoms with Gasteiger partial charge in [0.15, 0.2) is 12.4 Å². The van der Waals surface area contributed by atoms with Crippen molar-refractivity contribution in [2.75, 3.05) is 24.7 Å². The normalized spacial score (nSPS) is 11.3. The molecule has 4 aromatic carbocycles. The predicted octanol–water partition coefficient (Wildman–Crippen LogP) is 16.9. The van der Waals surface area contributed by atoms with Gasteiger partial charge in [0.25, 0.3) is 0 Å². The van der Waals surface area contributed by atoms with E-state index in [0.717, 1.165) is 91.1 Å². The van der Waals surface area contributed by atoms with Gasteiger partial charge in [-0.15, -0.1) is 22.7 Å². The van der Waals surface area contributed by atoms with Gasteiger partial charge in [-0.1, -0.05) is 97.3 Å². The third kappa shape index (κ3) is 13.6. The van der Waals surface area contributed by atoms with Crippen molar-refractivity contribution in [2.24, 2.45) is 0 Å². The van der Waals surface area contributed by atoms with E-state index in [1.807, 2.05) is 46.6 Å². The van der Waals surface area contributed by atoms with Crippen LogP contribution in [-0.2, 0) is 28.9 Å². The summed E-state index contributed by atoms with van der Waals surface area (Å²) in [6.45, 7) is 12.8. The average molecular weight is 936 g/mol. The first kappa shape index (κ1) is 49.5. The van der Waals surface area contributed by atoms with E-state index in [-0.39, 0.29) is 12.5 Å². The maximum Gasteiger partial charge on any atom is 0.372 e. The highest BCUT2D eigenvalue weighted by molar-refractivity contribution is 7.25. The molecule has 67 heavy (non-hydrogen) atoms. The number of fused-ring (bicyclic) bond motifs is 1. The SMILES string of the molecule is CCCCCCc1cc(-c2sc(-c3ccc4c[n+](CC(=O)OCC)ccc4c3)cc2CCCCCC)sc1-c1ccc(N(c2ccc(OCCCC)cc2)c2ccc(OCCCC)cc2)cc1. The number of aromatic nitrogens is 1. The van der Waals surface area contributed by atoms with E-state index in [4.69, 9.17) is 14.2 Å². The Bertz CT molecular complexity index is 2540. The monoisotopic (exact) mass is 935 g/mol. The maximum atomic E-state index is 12.2. The van der Waals surface area contributed by atoms with E-state index in [0.29, 0.717) is 6.61 Å². The lowest BCUT2D eigenvalue weighted by atomic mass is 10.0. The van der Waals surface area contributed by atoms with Crippen LogP contribution in [0.5, 0.6) is 11.5 Å². The molecule has 3 heterocycles. The van der Waals surface area contributed by atoms with Crippen LogP contribution in [0.1, 0.15) is 123 Å². The highest BCUT2D eigenvalue weighted by atomic mass is 32.1. The number of thiophene rings is 2. The van der Waals surface area contributed by atoms with Crippen molar-refractivity contribution >= 4 is 56.5 Å². The summed E-state index contributed by atoms with van der Waals surface area (Å²) in [6.07, 6.45) is 20.3. The minimum atomic E-state index is -0.221. The fourth-order valence-electron chi connectivity index (χ4n) is 8.52. The molecule has 7 aromatic rings. The van der Waals surface area contributed by atoms with Gasteiger partial charge in [0.2, 0.25) is 6.54 Å². The van der Waals surface area contributed by atoms with E-state index in [1.54, 1.807) is 0 Å². The molecule has 0 atom stereocenters. The largest absolute Gasteiger partial charge is 0.494 e. The molecule has 8 heteroatoms. The highest BCUT2D eigenvalue weighted by Gasteiger charge is 2.20. The summed E-state index contributed by atoms with van der Waals surface area (Å²) in [7, 11) is 0. The van der Waals surface area contributed by atoms with Gasteiger partial charge in [0, 0.05) is 48.0 Å². The molecule has 0 radical (unpaired) electrons. The molecule has 0 fully saturated rings. The molecule has 7 rings (SSSR count). The van der Waals surface area contributed by atoms with Gasteiger partial charge in [-0.05, 0) is 158 Å². The molecule has 0 aliphatic heterocycles. The number of hydrogen-bond acceptors (Lipinski definition) is 7. The van der Waals surface area contributed by atoms with Crippen LogP contribution in [0.25, 0.3) is 41.4 Å². The number of aryl methyl sites for hydroxylation is 2. The van der Waals surface area contributed by atoms with Gasteiger partial charge in [-0.2, -0.15) is 4.57 Å². The second-order valence-electron chi connectivity index (χ2n) is 17.6. The first-order chi connectivity index (χ1) is 32.9. The van der Waals surface area contributed by atoms with Crippen LogP contribution >= 0.6 is 22.7 Å². The summed E-state index contributed by atoms with van der Waals surface area (Å²) in [5, 5.41) is 2.27. The Morgan fingerprint density at radius 3 is 1.61 bits per heavy atom. The Hall–Kier alpha value is -5.44. The van der Waals surface area contributed by atoms with E-state index in [9.17, 15) is 4.79 Å². The van der Waals surface area contributed by atoms with Gasteiger partial charge in [0.1, 0.15) is 11.5 Å². The number of pyridine rings is 1. The molecule has 0 saturated heterocycles. The lowest BCUT2D eigenvalue weighted by molar-refractivity contribution is -0.684. The van der Waals surface area contributed by atoms with Crippen LogP contribution in [0.15, 0.2) is 122 Å². The second kappa shape index (κ2) is 25.6. The average Bonchev–Trinajstić information content (AvgIpc) is 3.98. The van der Waals surface area contributed by atoms with E-state index in [2.05, 4.69) is 142 Å². The number of hydrogen-bond donors (Lipinski definition) is 0. The molecular formula is C59H71N2O4S2+. The topological polar surface area (TPSA) is 51.9 Å². The number of rotatable bonds is 27. The van der Waals surface area contributed by atoms with Crippen LogP contribution in [-0.4, -0.2) is 25.8 Å². The molecule has 0 aliphatic carbocycles. The van der Waals surface area contributed by atoms with Crippen molar-refractivity contribution in [3.63, 3.8) is 0 Å². The zero-order chi connectivity index (χ0) is 46.8. The van der Waals surface area contributed by atoms with E-state index < -0.39 is 0 Å². The number of nitrogens with zero attached hydrogens (tertiary/aromatic N) is 2. The van der Waals surface area contributed by atoms with Gasteiger partial charge < -0.3 is 19.1 Å². The van der Waals surface area contributed by atoms with Gasteiger partial charge in [0.05, 0.1) is 19.8 Å². The van der Waals surface area contributed by atoms with Gasteiger partial charge in [-0.3, -0.25) is 0 Å². The highest BCUT2D eigenvalue weighted by Crippen LogP contribution is 2.47. The maximum absolute atomic E-state index is 12.2. The standard InChI is InChI=1S/C59H71N2O4S2/c1-6-11-15-17-19-47-41-56(59-48(20-18-16-12-7-2)40-55(66-59)46-21-22-49-42-60(36-35-45(49)39-46)43-57(62)63-10-5)67-58(47)44-23-25-50(26-24-44)61(51-27-31-53(32-28-51)64-37-13-8-3)52-29-33-54(34-30-52)65-38-14-9-4/h21-36,39-42H,6-20,37-38,43H2,1-5H3/q+1. The van der Waals surface area contributed by atoms with Crippen molar-refractivity contribution in [1.82, 2.24) is 0 Å². The third-order valence-corrected chi connectivity index (χ3v) is 14.9. The fraction of sp³-hybridized carbons (Fsp3) is 0.390. The number of benzene rings is 4. The van der Waals surface area contributed by atoms with Gasteiger partial charge >= 0.3 is 5.97 Å². The smallest absolute Gasteiger partial charge is 0.372 e. The summed E-state index contributed by atoms with van der Waals surface area (Å²) in [4.78, 5) is 20.0. The van der Waals surface area contributed by atoms with Crippen molar-refractivity contribution in [2.45, 2.75) is 131 Å². The molecule has 0 amide bonds. The second-order valence-corrected chi connectivity index (χ2v) is 19.7. The number of anilines is 3. The first-order valence-electron chi connectivity index (χ1n) is 25.1. The molecule has 0 saturated carbocycles. The predicted molar refractivity (Wildman–Crippen MR) is 284 cm³/mol. The number of carbonyl (C=O) groups excluding carboxylic acids is 1. The molecule has 6 nitrogen and oxygen atoms in total. The Balaban J connectivity index is 1.22. The van der Waals surface area contributed by atoms with Crippen molar-refractivity contribution in [1.29, 1.82) is 0 Å². The Labute approximate surface area is 408 Å². The number of ether oxygens (including phenoxy) is 3. The summed E-state index contributed by atoms with van der Waals surface area (Å²) < 4.78 is 19.2. The molecule has 0 spiro atoms. The molecule has 0 N–H and O–H groups in total. The number of unbranched alkanes of at least 4 members (excludes halogenated alkanes) is 8. The van der Waals surface area contributed by atoms with Crippen molar-refractivity contribution in [3.05, 3.63) is 133 Å². The Morgan fingerprint density at radius 1 is 0.522 bits per heavy atom. The molecule has 0 bridgehead atoms. The van der Waals surface area contributed by atoms with E-state index in [1.165, 1.54) is 93.1 Å². The summed E-state index contributed by atoms with van der Waals surface area (Å²) >= 11 is 3.90. The Morgan fingerprint density at radius 2 is 1.04 bits per heavy atom. The van der Waals surface area contributed by atoms with Crippen LogP contribution in [0, 0.1) is 0 Å². The van der Waals surface area contributed by atoms with Crippen molar-refractivity contribution in [3.8, 4) is 42.1 Å². The quantitative estimate of drug-likeness (QED) is 0.0292. The molecule has 3 aromatic heterocycles. The summed E-state index contributed by atoms with van der Waals surface area (Å²) in [6, 6.07) is 40.1. The lowest BCUT2D eigenvalue weighted by Gasteiger charge is -2.26. The zero-order valence-corrected chi connectivity index (χ0v) is 42.3. The zero-order valence-electron chi connectivity index (χ0n) is 40.6. The Kier molecular flexibility index (Phi) is 18.9. The molecule has 0 aliphatic rings. The minimum Gasteiger partial charge on any atom is -0.494 e. The van der Waals surface area contributed by atoms with Crippen LogP contribution in [0.2, 0.25) is 0 Å². The van der Waals surface area contributed by atoms with E-state index >= 15 is 0 Å². The van der Waals surface area contributed by atoms with Crippen LogP contribution in [0.4, 0.5) is 17.1 Å². The van der Waals surface area contributed by atoms with Crippen molar-refractivity contribution < 1.29 is 23.6 Å². The molecule has 352 valence electrons. The van der Waals surface area contributed by atoms with Crippen LogP contribution in [0.3, 0.4) is 0 Å². The molecular weight excluding hydrogens is 865 g/mol. The van der Waals surface area contributed by atoms with Gasteiger partial charge in [-0.25, -0.2) is 4.79 Å². The summed E-state index contributed by atoms with van der Waals surface area (Å²) in [5.74, 6) is 1.57. The summed E-state index contributed by atoms with van der Waals surface area (Å²) in [5.41, 5.74) is 8.66. The third-order valence-electron chi connectivity index (χ3n) is 12.3. The number of carbonyl (C=O) groups is 1. The minimum absolute atomic E-state index is 0.209. The fourth-order valence-corrected chi connectivity index (χ4v) is 11.1. The molecule has 0 unspecified atom stereocenters. The lowest BCUT2D eigenvalue weighted by Crippen LogP contribution is -2.37. The van der Waals surface area contributed by atoms with Crippen LogP contribution < -0.4 is 18.9 Å². The first-order valence-corrected chi connectivity index (χ1v) is 26.7. The number of esters is 1.